The van der Waals surface area contributed by atoms with Gasteiger partial charge in [0.15, 0.2) is 0 Å². The quantitative estimate of drug-likeness (QED) is 0.615. The smallest absolute Gasteiger partial charge is 0.341 e. The lowest BCUT2D eigenvalue weighted by molar-refractivity contribution is -0.117. The third-order valence-corrected chi connectivity index (χ3v) is 4.40. The van der Waals surface area contributed by atoms with Crippen LogP contribution in [0.1, 0.15) is 34.1 Å². The summed E-state index contributed by atoms with van der Waals surface area (Å²) in [5.74, 6) is -0.547. The monoisotopic (exact) mass is 312 g/mol. The molecule has 1 aromatic rings. The Morgan fingerprint density at radius 1 is 1.43 bits per heavy atom. The molecule has 1 aliphatic heterocycles. The van der Waals surface area contributed by atoms with E-state index in [0.717, 1.165) is 30.0 Å². The van der Waals surface area contributed by atoms with Gasteiger partial charge in [-0.25, -0.2) is 4.79 Å². The molecule has 0 bridgehead atoms. The summed E-state index contributed by atoms with van der Waals surface area (Å²) in [6, 6.07) is 0. The highest BCUT2D eigenvalue weighted by atomic mass is 32.1. The van der Waals surface area contributed by atoms with E-state index >= 15 is 0 Å². The molecule has 0 fully saturated rings. The van der Waals surface area contributed by atoms with Crippen LogP contribution in [-0.2, 0) is 27.2 Å². The standard InChI is InChI=1S/C14H20N2O4S/c1-3-20-7-5-11(17)16-13-12(14(18)19-2)9-4-6-15-8-10(9)21-13/h15H,3-8H2,1-2H3,(H,16,17). The van der Waals surface area contributed by atoms with E-state index < -0.39 is 5.97 Å². The molecule has 2 heterocycles. The molecule has 1 aromatic heterocycles. The van der Waals surface area contributed by atoms with Crippen molar-refractivity contribution in [1.82, 2.24) is 5.32 Å². The number of hydrogen-bond donors (Lipinski definition) is 2. The van der Waals surface area contributed by atoms with Gasteiger partial charge in [0.1, 0.15) is 5.00 Å². The van der Waals surface area contributed by atoms with E-state index in [4.69, 9.17) is 9.47 Å². The van der Waals surface area contributed by atoms with Gasteiger partial charge in [-0.2, -0.15) is 0 Å². The van der Waals surface area contributed by atoms with Crippen molar-refractivity contribution in [3.8, 4) is 0 Å². The first kappa shape index (κ1) is 15.9. The molecule has 0 radical (unpaired) electrons. The van der Waals surface area contributed by atoms with E-state index in [1.807, 2.05) is 6.92 Å². The van der Waals surface area contributed by atoms with Crippen molar-refractivity contribution >= 4 is 28.2 Å². The number of carbonyl (C=O) groups is 2. The lowest BCUT2D eigenvalue weighted by atomic mass is 10.0. The Bertz CT molecular complexity index is 527. The maximum atomic E-state index is 12.0. The molecule has 0 unspecified atom stereocenters. The Hall–Kier alpha value is -1.44. The number of amides is 1. The van der Waals surface area contributed by atoms with E-state index in [1.165, 1.54) is 18.4 Å². The summed E-state index contributed by atoms with van der Waals surface area (Å²) >= 11 is 1.44. The molecule has 116 valence electrons. The van der Waals surface area contributed by atoms with Crippen molar-refractivity contribution < 1.29 is 19.1 Å². The van der Waals surface area contributed by atoms with Crippen LogP contribution in [0.25, 0.3) is 0 Å². The van der Waals surface area contributed by atoms with Crippen LogP contribution in [0, 0.1) is 0 Å². The van der Waals surface area contributed by atoms with Crippen molar-refractivity contribution in [2.75, 3.05) is 32.2 Å². The van der Waals surface area contributed by atoms with Gasteiger partial charge in [0, 0.05) is 18.0 Å². The molecule has 0 aromatic carbocycles. The van der Waals surface area contributed by atoms with Crippen molar-refractivity contribution in [1.29, 1.82) is 0 Å². The highest BCUT2D eigenvalue weighted by Gasteiger charge is 2.26. The number of nitrogens with one attached hydrogen (secondary N) is 2. The van der Waals surface area contributed by atoms with E-state index in [1.54, 1.807) is 0 Å². The van der Waals surface area contributed by atoms with Crippen LogP contribution in [0.3, 0.4) is 0 Å². The number of rotatable bonds is 6. The number of anilines is 1. The first-order valence-electron chi connectivity index (χ1n) is 6.98. The van der Waals surface area contributed by atoms with Gasteiger partial charge in [0.25, 0.3) is 0 Å². The summed E-state index contributed by atoms with van der Waals surface area (Å²) in [6.07, 6.45) is 1.04. The summed E-state index contributed by atoms with van der Waals surface area (Å²) in [4.78, 5) is 25.0. The van der Waals surface area contributed by atoms with Gasteiger partial charge in [0.2, 0.25) is 5.91 Å². The third-order valence-electron chi connectivity index (χ3n) is 3.25. The van der Waals surface area contributed by atoms with Gasteiger partial charge >= 0.3 is 5.97 Å². The molecule has 1 amide bonds. The molecule has 2 rings (SSSR count). The Kier molecular flexibility index (Phi) is 5.72. The molecule has 21 heavy (non-hydrogen) atoms. The Labute approximate surface area is 127 Å². The molecule has 0 spiro atoms. The number of thiophene rings is 1. The number of fused-ring (bicyclic) bond motifs is 1. The number of ether oxygens (including phenoxy) is 2. The maximum absolute atomic E-state index is 12.0. The average Bonchev–Trinajstić information content (AvgIpc) is 2.84. The molecule has 6 nitrogen and oxygen atoms in total. The van der Waals surface area contributed by atoms with Crippen molar-refractivity contribution in [2.45, 2.75) is 26.3 Å². The second-order valence-corrected chi connectivity index (χ2v) is 5.73. The van der Waals surface area contributed by atoms with Gasteiger partial charge in [-0.15, -0.1) is 11.3 Å². The molecule has 2 N–H and O–H groups in total. The zero-order chi connectivity index (χ0) is 15.2. The fourth-order valence-electron chi connectivity index (χ4n) is 2.24. The Balaban J connectivity index is 2.16. The normalized spacial score (nSPS) is 13.6. The van der Waals surface area contributed by atoms with Gasteiger partial charge in [-0.1, -0.05) is 0 Å². The molecular weight excluding hydrogens is 292 g/mol. The average molecular weight is 312 g/mol. The van der Waals surface area contributed by atoms with Crippen LogP contribution in [0.2, 0.25) is 0 Å². The maximum Gasteiger partial charge on any atom is 0.341 e. The number of hydrogen-bond acceptors (Lipinski definition) is 6. The minimum atomic E-state index is -0.394. The Morgan fingerprint density at radius 2 is 2.24 bits per heavy atom. The van der Waals surface area contributed by atoms with Crippen LogP contribution in [-0.4, -0.2) is 38.7 Å². The SMILES string of the molecule is CCOCCC(=O)Nc1sc2c(c1C(=O)OC)CCNC2. The predicted molar refractivity (Wildman–Crippen MR) is 80.8 cm³/mol. The van der Waals surface area contributed by atoms with Crippen molar-refractivity contribution in [3.05, 3.63) is 16.0 Å². The highest BCUT2D eigenvalue weighted by molar-refractivity contribution is 7.17. The van der Waals surface area contributed by atoms with Gasteiger partial charge in [-0.3, -0.25) is 4.79 Å². The van der Waals surface area contributed by atoms with E-state index in [9.17, 15) is 9.59 Å². The lowest BCUT2D eigenvalue weighted by Gasteiger charge is -2.13. The van der Waals surface area contributed by atoms with Crippen molar-refractivity contribution in [3.63, 3.8) is 0 Å². The summed E-state index contributed by atoms with van der Waals surface area (Å²) in [5, 5.41) is 6.65. The van der Waals surface area contributed by atoms with E-state index in [0.29, 0.717) is 23.8 Å². The summed E-state index contributed by atoms with van der Waals surface area (Å²) < 4.78 is 10.0. The van der Waals surface area contributed by atoms with E-state index in [2.05, 4.69) is 10.6 Å². The van der Waals surface area contributed by atoms with Crippen LogP contribution >= 0.6 is 11.3 Å². The molecule has 0 aliphatic carbocycles. The minimum absolute atomic E-state index is 0.153. The molecule has 0 saturated heterocycles. The van der Waals surface area contributed by atoms with Crippen molar-refractivity contribution in [2.24, 2.45) is 0 Å². The van der Waals surface area contributed by atoms with Crippen LogP contribution in [0.15, 0.2) is 0 Å². The van der Waals surface area contributed by atoms with Crippen LogP contribution in [0.4, 0.5) is 5.00 Å². The first-order chi connectivity index (χ1) is 10.2. The molecule has 1 aliphatic rings. The number of carbonyl (C=O) groups excluding carboxylic acids is 2. The van der Waals surface area contributed by atoms with Gasteiger partial charge in [-0.05, 0) is 25.5 Å². The second kappa shape index (κ2) is 7.53. The highest BCUT2D eigenvalue weighted by Crippen LogP contribution is 2.35. The largest absolute Gasteiger partial charge is 0.465 e. The summed E-state index contributed by atoms with van der Waals surface area (Å²) in [6.45, 7) is 4.39. The molecule has 7 heteroatoms. The molecule has 0 saturated carbocycles. The summed E-state index contributed by atoms with van der Waals surface area (Å²) in [5.41, 5.74) is 1.49. The second-order valence-electron chi connectivity index (χ2n) is 4.62. The first-order valence-corrected chi connectivity index (χ1v) is 7.80. The molecule has 0 atom stereocenters. The fraction of sp³-hybridized carbons (Fsp3) is 0.571. The van der Waals surface area contributed by atoms with E-state index in [-0.39, 0.29) is 12.3 Å². The predicted octanol–water partition coefficient (Wildman–Crippen LogP) is 1.55. The van der Waals surface area contributed by atoms with Gasteiger partial charge < -0.3 is 20.1 Å². The number of esters is 1. The minimum Gasteiger partial charge on any atom is -0.465 e. The topological polar surface area (TPSA) is 76.7 Å². The zero-order valence-electron chi connectivity index (χ0n) is 12.3. The van der Waals surface area contributed by atoms with Gasteiger partial charge in [0.05, 0.1) is 25.7 Å². The van der Waals surface area contributed by atoms with Crippen LogP contribution in [0.5, 0.6) is 0 Å². The summed E-state index contributed by atoms with van der Waals surface area (Å²) in [7, 11) is 1.36. The third kappa shape index (κ3) is 3.81. The molecular formula is C14H20N2O4S. The lowest BCUT2D eigenvalue weighted by Crippen LogP contribution is -2.23. The fourth-order valence-corrected chi connectivity index (χ4v) is 3.46. The Morgan fingerprint density at radius 3 is 2.95 bits per heavy atom. The van der Waals surface area contributed by atoms with Crippen LogP contribution < -0.4 is 10.6 Å². The number of methoxy groups -OCH3 is 1. The zero-order valence-corrected chi connectivity index (χ0v) is 13.1.